The van der Waals surface area contributed by atoms with Gasteiger partial charge in [0.25, 0.3) is 0 Å². The molecule has 0 aliphatic carbocycles. The van der Waals surface area contributed by atoms with Crippen molar-refractivity contribution in [3.63, 3.8) is 0 Å². The summed E-state index contributed by atoms with van der Waals surface area (Å²) in [5.74, 6) is 15.9. The number of hydrogen-bond donors (Lipinski definition) is 0. The number of benzene rings is 3. The van der Waals surface area contributed by atoms with Crippen molar-refractivity contribution in [1.82, 2.24) is 0 Å². The molecule has 0 saturated heterocycles. The van der Waals surface area contributed by atoms with Crippen molar-refractivity contribution in [1.29, 1.82) is 15.8 Å². The summed E-state index contributed by atoms with van der Waals surface area (Å²) in [4.78, 5) is 0. The second kappa shape index (κ2) is 10.0. The second-order valence-corrected chi connectivity index (χ2v) is 6.64. The quantitative estimate of drug-likeness (QED) is 0.412. The van der Waals surface area contributed by atoms with Crippen LogP contribution in [0.1, 0.15) is 33.4 Å². The van der Waals surface area contributed by atoms with E-state index in [-0.39, 0.29) is 0 Å². The van der Waals surface area contributed by atoms with E-state index in [9.17, 15) is 0 Å². The van der Waals surface area contributed by atoms with Gasteiger partial charge < -0.3 is 4.32 Å². The third-order valence-electron chi connectivity index (χ3n) is 4.29. The smallest absolute Gasteiger partial charge is 0.358 e. The molecule has 0 N–H and O–H groups in total. The lowest BCUT2D eigenvalue weighted by molar-refractivity contribution is 0.850. The molecule has 0 saturated carbocycles. The van der Waals surface area contributed by atoms with Gasteiger partial charge in [-0.2, -0.15) is 15.8 Å². The molecule has 3 rings (SSSR count). The molecule has 0 heterocycles. The van der Waals surface area contributed by atoms with E-state index < -0.39 is 6.42 Å². The predicted octanol–water partition coefficient (Wildman–Crippen LogP) is 4.29. The zero-order chi connectivity index (χ0) is 22.8. The Balaban J connectivity index is 1.98. The highest BCUT2D eigenvalue weighted by Crippen LogP contribution is 2.08. The molecule has 0 amide bonds. The Kier molecular flexibility index (Phi) is 6.74. The van der Waals surface area contributed by atoms with Gasteiger partial charge in [0, 0.05) is 16.7 Å². The van der Waals surface area contributed by atoms with Crippen LogP contribution in [0.15, 0.2) is 72.8 Å². The van der Waals surface area contributed by atoms with Crippen molar-refractivity contribution in [2.24, 2.45) is 0 Å². The number of halogens is 1. The molecular formula is C27H12BFN3-. The van der Waals surface area contributed by atoms with Gasteiger partial charge in [0.15, 0.2) is 0 Å². The van der Waals surface area contributed by atoms with Crippen LogP contribution in [-0.2, 0) is 0 Å². The van der Waals surface area contributed by atoms with Gasteiger partial charge >= 0.3 is 6.42 Å². The first-order valence-corrected chi connectivity index (χ1v) is 9.47. The number of rotatable bonds is 0. The molecule has 3 nitrogen and oxygen atoms in total. The Bertz CT molecular complexity index is 1270. The Morgan fingerprint density at radius 2 is 0.656 bits per heavy atom. The molecule has 3 aromatic carbocycles. The fourth-order valence-corrected chi connectivity index (χ4v) is 2.54. The first-order chi connectivity index (χ1) is 15.5. The summed E-state index contributed by atoms with van der Waals surface area (Å²) in [7, 11) is 0. The molecule has 0 aliphatic rings. The summed E-state index contributed by atoms with van der Waals surface area (Å²) < 4.78 is 15.7. The summed E-state index contributed by atoms with van der Waals surface area (Å²) in [6, 6.07) is 25.4. The van der Waals surface area contributed by atoms with Crippen LogP contribution in [0.25, 0.3) is 0 Å². The van der Waals surface area contributed by atoms with Gasteiger partial charge in [-0.15, -0.1) is 17.8 Å². The molecule has 0 radical (unpaired) electrons. The first-order valence-electron chi connectivity index (χ1n) is 9.47. The lowest BCUT2D eigenvalue weighted by Crippen LogP contribution is -2.23. The predicted molar refractivity (Wildman–Crippen MR) is 121 cm³/mol. The van der Waals surface area contributed by atoms with E-state index >= 15 is 4.32 Å². The summed E-state index contributed by atoms with van der Waals surface area (Å²) in [6.07, 6.45) is -3.20. The van der Waals surface area contributed by atoms with Gasteiger partial charge in [0.2, 0.25) is 0 Å². The van der Waals surface area contributed by atoms with Crippen molar-refractivity contribution in [3.05, 3.63) is 106 Å². The van der Waals surface area contributed by atoms with Crippen molar-refractivity contribution in [2.45, 2.75) is 0 Å². The molecule has 5 heteroatoms. The summed E-state index contributed by atoms with van der Waals surface area (Å²) >= 11 is 0. The Hall–Kier alpha value is -5.20. The van der Waals surface area contributed by atoms with Crippen molar-refractivity contribution in [3.8, 4) is 53.4 Å². The molecular weight excluding hydrogens is 396 g/mol. The lowest BCUT2D eigenvalue weighted by atomic mass is 9.46. The average molecular weight is 408 g/mol. The second-order valence-electron chi connectivity index (χ2n) is 6.64. The molecule has 0 unspecified atom stereocenters. The largest absolute Gasteiger partial charge is 0.472 e. The van der Waals surface area contributed by atoms with E-state index in [1.54, 1.807) is 72.8 Å². The normalized spacial score (nSPS) is 9.19. The van der Waals surface area contributed by atoms with Gasteiger partial charge in [0.05, 0.1) is 34.9 Å². The molecule has 0 aromatic heterocycles. The van der Waals surface area contributed by atoms with Crippen LogP contribution in [0.3, 0.4) is 0 Å². The van der Waals surface area contributed by atoms with E-state index in [0.717, 1.165) is 0 Å². The Morgan fingerprint density at radius 3 is 0.875 bits per heavy atom. The first kappa shape index (κ1) is 21.5. The van der Waals surface area contributed by atoms with Crippen LogP contribution in [0.2, 0.25) is 0 Å². The van der Waals surface area contributed by atoms with E-state index in [4.69, 9.17) is 15.8 Å². The number of nitriles is 3. The third kappa shape index (κ3) is 5.90. The number of nitrogens with zero attached hydrogens (tertiary/aromatic N) is 3. The maximum Gasteiger partial charge on any atom is 0.358 e. The molecule has 0 spiro atoms. The minimum absolute atomic E-state index is 0.480. The summed E-state index contributed by atoms with van der Waals surface area (Å²) in [5.41, 5.74) is 3.05. The molecule has 146 valence electrons. The maximum atomic E-state index is 15.7. The van der Waals surface area contributed by atoms with Crippen molar-refractivity contribution < 1.29 is 4.32 Å². The van der Waals surface area contributed by atoms with Gasteiger partial charge in [-0.25, -0.2) is 17.5 Å². The topological polar surface area (TPSA) is 71.4 Å². The third-order valence-corrected chi connectivity index (χ3v) is 4.29. The van der Waals surface area contributed by atoms with E-state index in [0.29, 0.717) is 33.4 Å². The number of hydrogen-bond acceptors (Lipinski definition) is 3. The van der Waals surface area contributed by atoms with Crippen molar-refractivity contribution >= 4 is 6.42 Å². The Labute approximate surface area is 186 Å². The standard InChI is InChI=1S/C27H12BFN3/c29-28(16-13-22-1-7-25(19-30)8-2-22,17-14-23-3-9-26(20-31)10-4-23)18-15-24-5-11-27(21-32)12-6-24/h1-12H/q-1. The average Bonchev–Trinajstić information content (AvgIpc) is 2.86. The van der Waals surface area contributed by atoms with Crippen LogP contribution >= 0.6 is 0 Å². The molecule has 0 fully saturated rings. The highest BCUT2D eigenvalue weighted by molar-refractivity contribution is 6.95. The molecule has 32 heavy (non-hydrogen) atoms. The van der Waals surface area contributed by atoms with Crippen LogP contribution in [0, 0.1) is 69.2 Å². The van der Waals surface area contributed by atoms with Crippen LogP contribution in [0.5, 0.6) is 0 Å². The zero-order valence-electron chi connectivity index (χ0n) is 16.7. The Morgan fingerprint density at radius 1 is 0.438 bits per heavy atom. The minimum Gasteiger partial charge on any atom is -0.472 e. The fraction of sp³-hybridized carbons (Fsp3) is 0. The maximum absolute atomic E-state index is 15.7. The molecule has 0 atom stereocenters. The van der Waals surface area contributed by atoms with E-state index in [1.165, 1.54) is 0 Å². The minimum atomic E-state index is -3.20. The summed E-state index contributed by atoms with van der Waals surface area (Å²) in [5, 5.41) is 26.7. The van der Waals surface area contributed by atoms with Crippen molar-refractivity contribution in [2.75, 3.05) is 0 Å². The molecule has 3 aromatic rings. The lowest BCUT2D eigenvalue weighted by Gasteiger charge is -2.12. The molecule has 0 aliphatic heterocycles. The monoisotopic (exact) mass is 408 g/mol. The fourth-order valence-electron chi connectivity index (χ4n) is 2.54. The van der Waals surface area contributed by atoms with Gasteiger partial charge in [-0.1, -0.05) is 0 Å². The highest BCUT2D eigenvalue weighted by Gasteiger charge is 2.14. The van der Waals surface area contributed by atoms with E-state index in [1.807, 2.05) is 18.2 Å². The zero-order valence-corrected chi connectivity index (χ0v) is 16.7. The van der Waals surface area contributed by atoms with Crippen LogP contribution in [0.4, 0.5) is 4.32 Å². The van der Waals surface area contributed by atoms with E-state index in [2.05, 4.69) is 35.2 Å². The SMILES string of the molecule is N#Cc1ccc(C#C[B-](F)(C#Cc2ccc(C#N)cc2)C#Cc2ccc(C#N)cc2)cc1. The van der Waals surface area contributed by atoms with Gasteiger partial charge in [-0.05, 0) is 72.8 Å². The molecule has 0 bridgehead atoms. The van der Waals surface area contributed by atoms with Crippen LogP contribution < -0.4 is 0 Å². The van der Waals surface area contributed by atoms with Crippen LogP contribution in [-0.4, -0.2) is 6.42 Å². The summed E-state index contributed by atoms with van der Waals surface area (Å²) in [6.45, 7) is 0. The van der Waals surface area contributed by atoms with Gasteiger partial charge in [0.1, 0.15) is 0 Å². The van der Waals surface area contributed by atoms with Gasteiger partial charge in [-0.3, -0.25) is 0 Å². The highest BCUT2D eigenvalue weighted by atomic mass is 19.1.